The van der Waals surface area contributed by atoms with Gasteiger partial charge in [0, 0.05) is 10.6 Å². The molecule has 17 heavy (non-hydrogen) atoms. The van der Waals surface area contributed by atoms with Crippen molar-refractivity contribution in [2.45, 2.75) is 30.2 Å². The number of hydrogen-bond acceptors (Lipinski definition) is 3. The third-order valence-corrected chi connectivity index (χ3v) is 4.20. The van der Waals surface area contributed by atoms with E-state index in [4.69, 9.17) is 0 Å². The first kappa shape index (κ1) is 12.5. The van der Waals surface area contributed by atoms with E-state index in [0.29, 0.717) is 6.42 Å². The van der Waals surface area contributed by atoms with E-state index in [1.54, 1.807) is 11.8 Å². The summed E-state index contributed by atoms with van der Waals surface area (Å²) in [7, 11) is 0. The van der Waals surface area contributed by atoms with Crippen LogP contribution < -0.4 is 5.32 Å². The molecule has 2 N–H and O–H groups in total. The average molecular weight is 251 g/mol. The summed E-state index contributed by atoms with van der Waals surface area (Å²) >= 11 is 1.74. The maximum absolute atomic E-state index is 11.7. The molecule has 1 atom stereocenters. The van der Waals surface area contributed by atoms with Crippen LogP contribution in [0, 0.1) is 0 Å². The number of fused-ring (bicyclic) bond motifs is 1. The third-order valence-electron chi connectivity index (χ3n) is 3.12. The Labute approximate surface area is 106 Å². The molecule has 0 radical (unpaired) electrons. The van der Waals surface area contributed by atoms with E-state index in [9.17, 15) is 9.90 Å². The number of rotatable bonds is 4. The number of carbonyl (C=O) groups is 1. The highest BCUT2D eigenvalue weighted by Crippen LogP contribution is 2.40. The predicted molar refractivity (Wildman–Crippen MR) is 69.4 cm³/mol. The summed E-state index contributed by atoms with van der Waals surface area (Å²) in [4.78, 5) is 12.8. The molecule has 3 nitrogen and oxygen atoms in total. The molecular weight excluding hydrogens is 234 g/mol. The lowest BCUT2D eigenvalue weighted by molar-refractivity contribution is -0.145. The molecule has 1 unspecified atom stereocenters. The molecule has 0 fully saturated rings. The van der Waals surface area contributed by atoms with Crippen LogP contribution in [0.3, 0.4) is 0 Å². The lowest BCUT2D eigenvalue weighted by Gasteiger charge is -2.35. The van der Waals surface area contributed by atoms with E-state index >= 15 is 0 Å². The molecule has 0 amide bonds. The second-order valence-corrected chi connectivity index (χ2v) is 5.37. The summed E-state index contributed by atoms with van der Waals surface area (Å²) < 4.78 is 0. The van der Waals surface area contributed by atoms with Crippen LogP contribution in [0.25, 0.3) is 0 Å². The Morgan fingerprint density at radius 1 is 1.53 bits per heavy atom. The van der Waals surface area contributed by atoms with Gasteiger partial charge in [0.05, 0.1) is 0 Å². The highest BCUT2D eigenvalue weighted by atomic mass is 32.2. The smallest absolute Gasteiger partial charge is 0.328 e. The molecule has 92 valence electrons. The minimum atomic E-state index is -0.891. The van der Waals surface area contributed by atoms with Gasteiger partial charge in [-0.3, -0.25) is 5.32 Å². The second-order valence-electron chi connectivity index (χ2n) is 4.23. The minimum absolute atomic E-state index is 0.643. The summed E-state index contributed by atoms with van der Waals surface area (Å²) in [5.41, 5.74) is 0.0231. The van der Waals surface area contributed by atoms with Crippen LogP contribution in [0.1, 0.15) is 25.3 Å². The Bertz CT molecular complexity index is 422. The van der Waals surface area contributed by atoms with Gasteiger partial charge >= 0.3 is 5.97 Å². The van der Waals surface area contributed by atoms with Gasteiger partial charge in [-0.05, 0) is 31.0 Å². The lowest BCUT2D eigenvalue weighted by atomic mass is 9.86. The fourth-order valence-corrected chi connectivity index (χ4v) is 3.41. The molecule has 0 saturated carbocycles. The number of thioether (sulfide) groups is 1. The predicted octanol–water partition coefficient (Wildman–Crippen LogP) is 2.46. The van der Waals surface area contributed by atoms with Crippen molar-refractivity contribution in [1.29, 1.82) is 0 Å². The van der Waals surface area contributed by atoms with E-state index in [1.165, 1.54) is 0 Å². The molecule has 1 heterocycles. The van der Waals surface area contributed by atoms with Crippen molar-refractivity contribution in [2.24, 2.45) is 0 Å². The van der Waals surface area contributed by atoms with E-state index in [1.807, 2.05) is 31.2 Å². The summed E-state index contributed by atoms with van der Waals surface area (Å²) in [5.74, 6) is 0.0822. The molecule has 1 aromatic rings. The molecule has 1 aliphatic heterocycles. The van der Waals surface area contributed by atoms with Gasteiger partial charge in [-0.25, -0.2) is 4.79 Å². The number of benzene rings is 1. The van der Waals surface area contributed by atoms with Crippen molar-refractivity contribution in [1.82, 2.24) is 5.32 Å². The van der Waals surface area contributed by atoms with Gasteiger partial charge in [0.2, 0.25) is 0 Å². The van der Waals surface area contributed by atoms with Crippen molar-refractivity contribution < 1.29 is 9.90 Å². The summed E-state index contributed by atoms with van der Waals surface area (Å²) in [6.07, 6.45) is 1.58. The quantitative estimate of drug-likeness (QED) is 0.863. The van der Waals surface area contributed by atoms with Crippen molar-refractivity contribution in [3.63, 3.8) is 0 Å². The first-order valence-electron chi connectivity index (χ1n) is 5.91. The molecule has 2 rings (SSSR count). The number of carboxylic acid groups (broad SMARTS) is 1. The molecule has 4 heteroatoms. The molecule has 1 aliphatic rings. The highest BCUT2D eigenvalue weighted by Gasteiger charge is 2.43. The van der Waals surface area contributed by atoms with E-state index in [0.717, 1.165) is 29.2 Å². The third kappa shape index (κ3) is 2.19. The summed E-state index contributed by atoms with van der Waals surface area (Å²) in [6, 6.07) is 7.81. The van der Waals surface area contributed by atoms with Crippen LogP contribution in [0.5, 0.6) is 0 Å². The van der Waals surface area contributed by atoms with Gasteiger partial charge in [0.25, 0.3) is 0 Å². The Hall–Kier alpha value is -1.00. The number of nitrogens with one attached hydrogen (secondary N) is 1. The Morgan fingerprint density at radius 2 is 2.29 bits per heavy atom. The van der Waals surface area contributed by atoms with Crippen molar-refractivity contribution in [3.8, 4) is 0 Å². The van der Waals surface area contributed by atoms with Crippen molar-refractivity contribution in [3.05, 3.63) is 29.8 Å². The maximum atomic E-state index is 11.7. The summed E-state index contributed by atoms with van der Waals surface area (Å²) in [6.45, 7) is 2.78. The normalized spacial score (nSPS) is 23.1. The summed E-state index contributed by atoms with van der Waals surface area (Å²) in [5, 5.41) is 12.8. The first-order chi connectivity index (χ1) is 8.20. The van der Waals surface area contributed by atoms with Crippen molar-refractivity contribution >= 4 is 17.7 Å². The number of carboxylic acids is 1. The SMILES string of the molecule is CCCNC1(C(=O)O)CCSc2ccccc21. The van der Waals surface area contributed by atoms with E-state index < -0.39 is 11.5 Å². The van der Waals surface area contributed by atoms with Crippen LogP contribution in [-0.4, -0.2) is 23.4 Å². The molecule has 1 aromatic carbocycles. The standard InChI is InChI=1S/C13H17NO2S/c1-2-8-14-13(12(15)16)7-9-17-11-6-4-3-5-10(11)13/h3-6,14H,2,7-9H2,1H3,(H,15,16). The first-order valence-corrected chi connectivity index (χ1v) is 6.90. The monoisotopic (exact) mass is 251 g/mol. The lowest BCUT2D eigenvalue weighted by Crippen LogP contribution is -2.51. The minimum Gasteiger partial charge on any atom is -0.480 e. The zero-order valence-electron chi connectivity index (χ0n) is 9.90. The topological polar surface area (TPSA) is 49.3 Å². The Balaban J connectivity index is 2.43. The van der Waals surface area contributed by atoms with Gasteiger partial charge < -0.3 is 5.11 Å². The molecule has 0 aliphatic carbocycles. The highest BCUT2D eigenvalue weighted by molar-refractivity contribution is 7.99. The van der Waals surface area contributed by atoms with Gasteiger partial charge in [0.1, 0.15) is 5.54 Å². The van der Waals surface area contributed by atoms with Crippen LogP contribution in [0.2, 0.25) is 0 Å². The van der Waals surface area contributed by atoms with Crippen LogP contribution in [0.4, 0.5) is 0 Å². The fourth-order valence-electron chi connectivity index (χ4n) is 2.21. The van der Waals surface area contributed by atoms with Crippen LogP contribution >= 0.6 is 11.8 Å². The van der Waals surface area contributed by atoms with Crippen LogP contribution in [0.15, 0.2) is 29.2 Å². The molecule has 0 aromatic heterocycles. The second kappa shape index (κ2) is 5.10. The largest absolute Gasteiger partial charge is 0.480 e. The molecular formula is C13H17NO2S. The van der Waals surface area contributed by atoms with Gasteiger partial charge in [-0.1, -0.05) is 25.1 Å². The number of hydrogen-bond donors (Lipinski definition) is 2. The zero-order valence-corrected chi connectivity index (χ0v) is 10.7. The Kier molecular flexibility index (Phi) is 3.74. The Morgan fingerprint density at radius 3 is 3.00 bits per heavy atom. The van der Waals surface area contributed by atoms with Crippen molar-refractivity contribution in [2.75, 3.05) is 12.3 Å². The van der Waals surface area contributed by atoms with Gasteiger partial charge in [-0.2, -0.15) is 0 Å². The average Bonchev–Trinajstić information content (AvgIpc) is 2.36. The van der Waals surface area contributed by atoms with Gasteiger partial charge in [-0.15, -0.1) is 11.8 Å². The van der Waals surface area contributed by atoms with Crippen LogP contribution in [-0.2, 0) is 10.3 Å². The van der Waals surface area contributed by atoms with Gasteiger partial charge in [0.15, 0.2) is 0 Å². The molecule has 0 spiro atoms. The zero-order chi connectivity index (χ0) is 12.3. The molecule has 0 bridgehead atoms. The molecule has 0 saturated heterocycles. The van der Waals surface area contributed by atoms with E-state index in [-0.39, 0.29) is 0 Å². The number of aliphatic carboxylic acids is 1. The maximum Gasteiger partial charge on any atom is 0.328 e. The van der Waals surface area contributed by atoms with E-state index in [2.05, 4.69) is 5.32 Å². The fraction of sp³-hybridized carbons (Fsp3) is 0.462.